The molecule has 16 heavy (non-hydrogen) atoms. The van der Waals surface area contributed by atoms with Crippen molar-refractivity contribution in [3.63, 3.8) is 0 Å². The van der Waals surface area contributed by atoms with Crippen molar-refractivity contribution in [2.75, 3.05) is 13.1 Å². The van der Waals surface area contributed by atoms with Gasteiger partial charge in [-0.25, -0.2) is 0 Å². The van der Waals surface area contributed by atoms with Crippen LogP contribution in [-0.2, 0) is 0 Å². The smallest absolute Gasteiger partial charge is 0.0171 e. The van der Waals surface area contributed by atoms with Gasteiger partial charge in [0.2, 0.25) is 0 Å². The lowest BCUT2D eigenvalue weighted by atomic mass is 10.00. The van der Waals surface area contributed by atoms with Crippen LogP contribution < -0.4 is 0 Å². The van der Waals surface area contributed by atoms with Gasteiger partial charge in [0.25, 0.3) is 0 Å². The van der Waals surface area contributed by atoms with Crippen molar-refractivity contribution in [2.45, 2.75) is 38.1 Å². The van der Waals surface area contributed by atoms with Gasteiger partial charge in [0.05, 0.1) is 0 Å². The molecule has 1 saturated heterocycles. The summed E-state index contributed by atoms with van der Waals surface area (Å²) in [6, 6.07) is 11.9. The molecule has 1 aliphatic carbocycles. The van der Waals surface area contributed by atoms with Crippen molar-refractivity contribution < 1.29 is 0 Å². The zero-order chi connectivity index (χ0) is 11.0. The Morgan fingerprint density at radius 1 is 1.19 bits per heavy atom. The van der Waals surface area contributed by atoms with Crippen LogP contribution in [0.5, 0.6) is 0 Å². The highest BCUT2D eigenvalue weighted by Gasteiger charge is 2.43. The number of benzene rings is 1. The molecule has 86 valence electrons. The van der Waals surface area contributed by atoms with Crippen LogP contribution in [-0.4, -0.2) is 24.0 Å². The zero-order valence-electron chi connectivity index (χ0n) is 10.1. The fourth-order valence-electron chi connectivity index (χ4n) is 3.17. The topological polar surface area (TPSA) is 3.24 Å². The second-order valence-electron chi connectivity index (χ2n) is 5.56. The first-order valence-electron chi connectivity index (χ1n) is 6.63. The monoisotopic (exact) mass is 215 g/mol. The van der Waals surface area contributed by atoms with E-state index in [9.17, 15) is 0 Å². The molecule has 1 nitrogen and oxygen atoms in total. The molecule has 3 atom stereocenters. The summed E-state index contributed by atoms with van der Waals surface area (Å²) in [6.07, 6.45) is 4.22. The Bertz CT molecular complexity index is 346. The van der Waals surface area contributed by atoms with Gasteiger partial charge in [0.15, 0.2) is 0 Å². The highest BCUT2D eigenvalue weighted by atomic mass is 15.2. The summed E-state index contributed by atoms with van der Waals surface area (Å²) in [4.78, 5) is 2.73. The van der Waals surface area contributed by atoms with Gasteiger partial charge in [-0.1, -0.05) is 37.3 Å². The minimum atomic E-state index is 0.825. The predicted octanol–water partition coefficient (Wildman–Crippen LogP) is 3.27. The quantitative estimate of drug-likeness (QED) is 0.732. The van der Waals surface area contributed by atoms with Crippen LogP contribution in [0.1, 0.15) is 37.7 Å². The van der Waals surface area contributed by atoms with E-state index in [-0.39, 0.29) is 0 Å². The van der Waals surface area contributed by atoms with Crippen LogP contribution in [0.3, 0.4) is 0 Å². The Labute approximate surface area is 98.5 Å². The third kappa shape index (κ3) is 2.01. The molecule has 1 aliphatic heterocycles. The molecule has 0 spiro atoms. The minimum Gasteiger partial charge on any atom is -0.299 e. The lowest BCUT2D eigenvalue weighted by Gasteiger charge is -2.31. The highest BCUT2D eigenvalue weighted by Crippen LogP contribution is 2.45. The molecule has 1 heteroatoms. The van der Waals surface area contributed by atoms with Gasteiger partial charge >= 0.3 is 0 Å². The SMILES string of the molecule is CC1CCCN(C2CC2c2ccccc2)C1. The molecule has 2 aliphatic rings. The maximum atomic E-state index is 2.73. The summed E-state index contributed by atoms with van der Waals surface area (Å²) in [5.74, 6) is 1.73. The fraction of sp³-hybridized carbons (Fsp3) is 0.600. The van der Waals surface area contributed by atoms with E-state index < -0.39 is 0 Å². The molecular weight excluding hydrogens is 194 g/mol. The van der Waals surface area contributed by atoms with E-state index in [0.29, 0.717) is 0 Å². The first-order chi connectivity index (χ1) is 7.84. The summed E-state index contributed by atoms with van der Waals surface area (Å²) >= 11 is 0. The molecule has 2 fully saturated rings. The molecule has 3 unspecified atom stereocenters. The standard InChI is InChI=1S/C15H21N/c1-12-6-5-9-16(11-12)15-10-14(15)13-7-3-2-4-8-13/h2-4,7-8,12,14-15H,5-6,9-11H2,1H3. The molecule has 1 aromatic carbocycles. The lowest BCUT2D eigenvalue weighted by molar-refractivity contribution is 0.173. The van der Waals surface area contributed by atoms with Crippen molar-refractivity contribution >= 4 is 0 Å². The Hall–Kier alpha value is -0.820. The molecule has 0 bridgehead atoms. The van der Waals surface area contributed by atoms with Gasteiger partial charge in [0, 0.05) is 18.5 Å². The van der Waals surface area contributed by atoms with Gasteiger partial charge in [-0.2, -0.15) is 0 Å². The van der Waals surface area contributed by atoms with E-state index >= 15 is 0 Å². The maximum Gasteiger partial charge on any atom is 0.0171 e. The van der Waals surface area contributed by atoms with Gasteiger partial charge < -0.3 is 0 Å². The number of rotatable bonds is 2. The predicted molar refractivity (Wildman–Crippen MR) is 67.6 cm³/mol. The molecule has 0 amide bonds. The van der Waals surface area contributed by atoms with Gasteiger partial charge in [0.1, 0.15) is 0 Å². The van der Waals surface area contributed by atoms with Crippen molar-refractivity contribution in [3.8, 4) is 0 Å². The summed E-state index contributed by atoms with van der Waals surface area (Å²) in [5, 5.41) is 0. The van der Waals surface area contributed by atoms with Crippen LogP contribution in [0.25, 0.3) is 0 Å². The van der Waals surface area contributed by atoms with Gasteiger partial charge in [-0.3, -0.25) is 4.90 Å². The normalized spacial score (nSPS) is 34.9. The van der Waals surface area contributed by atoms with Crippen LogP contribution in [0, 0.1) is 5.92 Å². The summed E-state index contributed by atoms with van der Waals surface area (Å²) in [6.45, 7) is 5.05. The van der Waals surface area contributed by atoms with E-state index in [2.05, 4.69) is 42.2 Å². The van der Waals surface area contributed by atoms with E-state index in [1.165, 1.54) is 32.4 Å². The Kier molecular flexibility index (Phi) is 2.72. The van der Waals surface area contributed by atoms with Crippen LogP contribution in [0.2, 0.25) is 0 Å². The molecule has 3 rings (SSSR count). The van der Waals surface area contributed by atoms with Crippen LogP contribution >= 0.6 is 0 Å². The largest absolute Gasteiger partial charge is 0.299 e. The second-order valence-corrected chi connectivity index (χ2v) is 5.56. The van der Waals surface area contributed by atoms with Gasteiger partial charge in [-0.05, 0) is 37.3 Å². The Balaban J connectivity index is 1.63. The van der Waals surface area contributed by atoms with E-state index in [4.69, 9.17) is 0 Å². The Morgan fingerprint density at radius 3 is 2.75 bits per heavy atom. The maximum absolute atomic E-state index is 2.73. The summed E-state index contributed by atoms with van der Waals surface area (Å²) in [7, 11) is 0. The first-order valence-corrected chi connectivity index (χ1v) is 6.63. The third-order valence-corrected chi connectivity index (χ3v) is 4.14. The minimum absolute atomic E-state index is 0.825. The third-order valence-electron chi connectivity index (χ3n) is 4.14. The molecule has 1 aromatic rings. The molecular formula is C15H21N. The number of nitrogens with zero attached hydrogens (tertiary/aromatic N) is 1. The summed E-state index contributed by atoms with van der Waals surface area (Å²) in [5.41, 5.74) is 1.55. The number of likely N-dealkylation sites (tertiary alicyclic amines) is 1. The summed E-state index contributed by atoms with van der Waals surface area (Å²) < 4.78 is 0. The number of hydrogen-bond acceptors (Lipinski definition) is 1. The number of hydrogen-bond donors (Lipinski definition) is 0. The van der Waals surface area contributed by atoms with Crippen molar-refractivity contribution in [2.24, 2.45) is 5.92 Å². The second kappa shape index (κ2) is 4.21. The van der Waals surface area contributed by atoms with Crippen molar-refractivity contribution in [1.82, 2.24) is 4.90 Å². The Morgan fingerprint density at radius 2 is 2.00 bits per heavy atom. The number of piperidine rings is 1. The zero-order valence-corrected chi connectivity index (χ0v) is 10.1. The van der Waals surface area contributed by atoms with Crippen LogP contribution in [0.4, 0.5) is 0 Å². The van der Waals surface area contributed by atoms with E-state index in [1.807, 2.05) is 0 Å². The fourth-order valence-corrected chi connectivity index (χ4v) is 3.17. The average Bonchev–Trinajstić information content (AvgIpc) is 3.10. The molecule has 0 aromatic heterocycles. The molecule has 1 saturated carbocycles. The van der Waals surface area contributed by atoms with Crippen molar-refractivity contribution in [1.29, 1.82) is 0 Å². The first kappa shape index (κ1) is 10.3. The van der Waals surface area contributed by atoms with E-state index in [0.717, 1.165) is 17.9 Å². The lowest BCUT2D eigenvalue weighted by Crippen LogP contribution is -2.36. The van der Waals surface area contributed by atoms with Crippen LogP contribution in [0.15, 0.2) is 30.3 Å². The van der Waals surface area contributed by atoms with E-state index in [1.54, 1.807) is 5.56 Å². The van der Waals surface area contributed by atoms with Crippen molar-refractivity contribution in [3.05, 3.63) is 35.9 Å². The molecule has 0 N–H and O–H groups in total. The average molecular weight is 215 g/mol. The highest BCUT2D eigenvalue weighted by molar-refractivity contribution is 5.27. The van der Waals surface area contributed by atoms with Gasteiger partial charge in [-0.15, -0.1) is 0 Å². The molecule has 0 radical (unpaired) electrons. The molecule has 1 heterocycles.